The number of nitrogens with zero attached hydrogens (tertiary/aromatic N) is 1. The van der Waals surface area contributed by atoms with E-state index in [1.807, 2.05) is 6.92 Å². The normalized spacial score (nSPS) is 39.3. The minimum absolute atomic E-state index is 0.0136. The second-order valence-electron chi connectivity index (χ2n) is 6.01. The monoisotopic (exact) mass is 224 g/mol. The molecule has 1 heterocycles. The highest BCUT2D eigenvalue weighted by molar-refractivity contribution is 5.84. The molecule has 2 fully saturated rings. The van der Waals surface area contributed by atoms with Gasteiger partial charge in [-0.05, 0) is 38.0 Å². The van der Waals surface area contributed by atoms with Crippen molar-refractivity contribution in [1.29, 1.82) is 0 Å². The Balaban J connectivity index is 2.02. The molecular weight excluding hydrogens is 200 g/mol. The summed E-state index contributed by atoms with van der Waals surface area (Å²) in [6.07, 6.45) is 3.73. The minimum Gasteiger partial charge on any atom is -0.323 e. The molecule has 0 aromatic heterocycles. The number of hydrogen-bond acceptors (Lipinski definition) is 2. The van der Waals surface area contributed by atoms with Crippen LogP contribution in [0.2, 0.25) is 0 Å². The molecule has 2 unspecified atom stereocenters. The fourth-order valence-electron chi connectivity index (χ4n) is 2.97. The van der Waals surface area contributed by atoms with Crippen LogP contribution in [0.4, 0.5) is 0 Å². The maximum absolute atomic E-state index is 12.1. The first-order valence-electron chi connectivity index (χ1n) is 6.57. The Morgan fingerprint density at radius 2 is 2.00 bits per heavy atom. The summed E-state index contributed by atoms with van der Waals surface area (Å²) in [5, 5.41) is 3.43. The van der Waals surface area contributed by atoms with Gasteiger partial charge < -0.3 is 4.90 Å². The van der Waals surface area contributed by atoms with Gasteiger partial charge in [-0.25, -0.2) is 0 Å². The van der Waals surface area contributed by atoms with Crippen LogP contribution in [-0.2, 0) is 4.79 Å². The molecule has 3 heteroatoms. The van der Waals surface area contributed by atoms with E-state index in [0.717, 1.165) is 12.3 Å². The van der Waals surface area contributed by atoms with Crippen molar-refractivity contribution in [2.45, 2.75) is 65.2 Å². The fraction of sp³-hybridized carbons (Fsp3) is 0.923. The third kappa shape index (κ3) is 2.10. The zero-order valence-corrected chi connectivity index (χ0v) is 10.9. The van der Waals surface area contributed by atoms with Gasteiger partial charge in [0.2, 0.25) is 5.91 Å². The molecule has 2 atom stereocenters. The predicted molar refractivity (Wildman–Crippen MR) is 64.9 cm³/mol. The van der Waals surface area contributed by atoms with Crippen molar-refractivity contribution in [2.24, 2.45) is 11.8 Å². The highest BCUT2D eigenvalue weighted by atomic mass is 16.2. The van der Waals surface area contributed by atoms with Crippen molar-refractivity contribution >= 4 is 5.91 Å². The summed E-state index contributed by atoms with van der Waals surface area (Å²) in [4.78, 5) is 14.2. The van der Waals surface area contributed by atoms with Crippen molar-refractivity contribution in [3.63, 3.8) is 0 Å². The van der Waals surface area contributed by atoms with Crippen molar-refractivity contribution in [1.82, 2.24) is 10.2 Å². The lowest BCUT2D eigenvalue weighted by molar-refractivity contribution is -0.134. The van der Waals surface area contributed by atoms with Crippen LogP contribution >= 0.6 is 0 Å². The van der Waals surface area contributed by atoms with Gasteiger partial charge in [0.1, 0.15) is 0 Å². The molecule has 0 bridgehead atoms. The van der Waals surface area contributed by atoms with E-state index in [2.05, 4.69) is 31.0 Å². The molecular formula is C13H24N2O. The van der Waals surface area contributed by atoms with Crippen LogP contribution in [0.15, 0.2) is 0 Å². The van der Waals surface area contributed by atoms with Gasteiger partial charge in [0, 0.05) is 6.04 Å². The van der Waals surface area contributed by atoms with E-state index in [1.54, 1.807) is 0 Å². The average Bonchev–Trinajstić information content (AvgIpc) is 2.37. The first kappa shape index (κ1) is 11.9. The van der Waals surface area contributed by atoms with Crippen molar-refractivity contribution in [3.05, 3.63) is 0 Å². The highest BCUT2D eigenvalue weighted by Gasteiger charge is 2.43. The molecule has 2 aliphatic rings. The second kappa shape index (κ2) is 4.36. The Kier molecular flexibility index (Phi) is 3.24. The largest absolute Gasteiger partial charge is 0.323 e. The van der Waals surface area contributed by atoms with Crippen LogP contribution < -0.4 is 5.32 Å². The van der Waals surface area contributed by atoms with Gasteiger partial charge in [0.15, 0.2) is 0 Å². The average molecular weight is 224 g/mol. The SMILES string of the molecule is CC(C)CC1NC(C)C(=O)N1C1CC(C)C1. The molecule has 2 rings (SSSR count). The summed E-state index contributed by atoms with van der Waals surface area (Å²) in [6.45, 7) is 8.69. The van der Waals surface area contributed by atoms with Gasteiger partial charge in [-0.3, -0.25) is 10.1 Å². The lowest BCUT2D eigenvalue weighted by atomic mass is 9.80. The van der Waals surface area contributed by atoms with Crippen molar-refractivity contribution in [2.75, 3.05) is 0 Å². The first-order valence-corrected chi connectivity index (χ1v) is 6.57. The van der Waals surface area contributed by atoms with Gasteiger partial charge in [0.25, 0.3) is 0 Å². The lowest BCUT2D eigenvalue weighted by Crippen LogP contribution is -2.50. The zero-order chi connectivity index (χ0) is 11.9. The van der Waals surface area contributed by atoms with Crippen LogP contribution in [0.3, 0.4) is 0 Å². The molecule has 0 aromatic carbocycles. The number of hydrogen-bond donors (Lipinski definition) is 1. The molecule has 16 heavy (non-hydrogen) atoms. The third-order valence-corrected chi connectivity index (χ3v) is 3.84. The van der Waals surface area contributed by atoms with E-state index in [0.29, 0.717) is 17.9 Å². The summed E-state index contributed by atoms with van der Waals surface area (Å²) in [7, 11) is 0. The van der Waals surface area contributed by atoms with E-state index in [-0.39, 0.29) is 12.2 Å². The van der Waals surface area contributed by atoms with Gasteiger partial charge in [-0.1, -0.05) is 20.8 Å². The topological polar surface area (TPSA) is 32.3 Å². The van der Waals surface area contributed by atoms with Gasteiger partial charge in [0.05, 0.1) is 12.2 Å². The van der Waals surface area contributed by atoms with Crippen LogP contribution in [0.1, 0.15) is 47.0 Å². The molecule has 1 aliphatic heterocycles. The smallest absolute Gasteiger partial charge is 0.240 e. The molecule has 1 aliphatic carbocycles. The first-order chi connectivity index (χ1) is 7.49. The molecule has 1 N–H and O–H groups in total. The summed E-state index contributed by atoms with van der Waals surface area (Å²) < 4.78 is 0. The van der Waals surface area contributed by atoms with E-state index >= 15 is 0 Å². The maximum Gasteiger partial charge on any atom is 0.240 e. The van der Waals surface area contributed by atoms with Crippen LogP contribution in [0.5, 0.6) is 0 Å². The number of nitrogens with one attached hydrogen (secondary N) is 1. The molecule has 0 radical (unpaired) electrons. The predicted octanol–water partition coefficient (Wildman–Crippen LogP) is 1.98. The molecule has 0 spiro atoms. The molecule has 1 amide bonds. The lowest BCUT2D eigenvalue weighted by Gasteiger charge is -2.42. The Morgan fingerprint density at radius 3 is 2.50 bits per heavy atom. The Bertz CT molecular complexity index is 271. The van der Waals surface area contributed by atoms with E-state index in [4.69, 9.17) is 0 Å². The fourth-order valence-corrected chi connectivity index (χ4v) is 2.97. The Hall–Kier alpha value is -0.570. The van der Waals surface area contributed by atoms with Crippen molar-refractivity contribution < 1.29 is 4.79 Å². The number of rotatable bonds is 3. The van der Waals surface area contributed by atoms with E-state index in [1.165, 1.54) is 12.8 Å². The minimum atomic E-state index is 0.0136. The third-order valence-electron chi connectivity index (χ3n) is 3.84. The molecule has 92 valence electrons. The summed E-state index contributed by atoms with van der Waals surface area (Å²) in [5.41, 5.74) is 0. The van der Waals surface area contributed by atoms with E-state index < -0.39 is 0 Å². The van der Waals surface area contributed by atoms with Crippen LogP contribution in [0.25, 0.3) is 0 Å². The standard InChI is InChI=1S/C13H24N2O/c1-8(2)5-12-14-10(4)13(16)15(12)11-6-9(3)7-11/h8-12,14H,5-7H2,1-4H3. The van der Waals surface area contributed by atoms with Gasteiger partial charge in [-0.15, -0.1) is 0 Å². The van der Waals surface area contributed by atoms with Crippen molar-refractivity contribution in [3.8, 4) is 0 Å². The summed E-state index contributed by atoms with van der Waals surface area (Å²) >= 11 is 0. The molecule has 0 aromatic rings. The number of carbonyl (C=O) groups excluding carboxylic acids is 1. The molecule has 1 saturated carbocycles. The van der Waals surface area contributed by atoms with Crippen LogP contribution in [-0.4, -0.2) is 29.1 Å². The zero-order valence-electron chi connectivity index (χ0n) is 10.9. The number of carbonyl (C=O) groups is 1. The quantitative estimate of drug-likeness (QED) is 0.795. The summed E-state index contributed by atoms with van der Waals surface area (Å²) in [5.74, 6) is 1.74. The Morgan fingerprint density at radius 1 is 1.38 bits per heavy atom. The molecule has 3 nitrogen and oxygen atoms in total. The summed E-state index contributed by atoms with van der Waals surface area (Å²) in [6, 6.07) is 0.517. The maximum atomic E-state index is 12.1. The highest BCUT2D eigenvalue weighted by Crippen LogP contribution is 2.35. The van der Waals surface area contributed by atoms with Gasteiger partial charge in [-0.2, -0.15) is 0 Å². The number of amides is 1. The Labute approximate surface area is 98.6 Å². The molecule has 1 saturated heterocycles. The van der Waals surface area contributed by atoms with Crippen LogP contribution in [0, 0.1) is 11.8 Å². The van der Waals surface area contributed by atoms with E-state index in [9.17, 15) is 4.79 Å². The second-order valence-corrected chi connectivity index (χ2v) is 6.01. The van der Waals surface area contributed by atoms with Gasteiger partial charge >= 0.3 is 0 Å².